The number of carbonyl (C=O) groups excluding carboxylic acids is 2. The first kappa shape index (κ1) is 11.6. The predicted octanol–water partition coefficient (Wildman–Crippen LogP) is 1.73. The Morgan fingerprint density at radius 2 is 1.67 bits per heavy atom. The summed E-state index contributed by atoms with van der Waals surface area (Å²) in [7, 11) is 5.79. The van der Waals surface area contributed by atoms with Crippen LogP contribution in [-0.4, -0.2) is 24.8 Å². The largest absolute Gasteiger partial charge is 0.418 e. The van der Waals surface area contributed by atoms with E-state index in [1.807, 2.05) is 0 Å². The van der Waals surface area contributed by atoms with Crippen molar-refractivity contribution in [2.45, 2.75) is 10.6 Å². The fraction of sp³-hybridized carbons (Fsp3) is 0.250. The SMILES string of the molecule is C=CC(=O)[CH](C(=O)C=C)[Al]([CH3])[Cl]. The van der Waals surface area contributed by atoms with E-state index >= 15 is 0 Å². The molecule has 0 aliphatic rings. The molecule has 0 unspecified atom stereocenters. The van der Waals surface area contributed by atoms with Gasteiger partial charge in [-0.3, -0.25) is 19.6 Å². The second-order valence-electron chi connectivity index (χ2n) is 2.37. The lowest BCUT2D eigenvalue weighted by atomic mass is 10.2. The van der Waals surface area contributed by atoms with Gasteiger partial charge in [0.05, 0.1) is 4.78 Å². The van der Waals surface area contributed by atoms with Crippen LogP contribution >= 0.6 is 10.0 Å². The molecule has 0 heterocycles. The van der Waals surface area contributed by atoms with Crippen LogP contribution in [0.5, 0.6) is 0 Å². The first-order valence-electron chi connectivity index (χ1n) is 3.51. The van der Waals surface area contributed by atoms with Crippen LogP contribution in [0.25, 0.3) is 0 Å². The Labute approximate surface area is 80.5 Å². The average molecular weight is 201 g/mol. The van der Waals surface area contributed by atoms with Crippen LogP contribution in [0.4, 0.5) is 0 Å². The standard InChI is InChI=1S/C7H7O2.CH3.Al.ClH/c1-3-6(8)5-7(9)4-2;;;/h3-5H,1-2H2;1H3;;1H/q;;+1;/p-1. The summed E-state index contributed by atoms with van der Waals surface area (Å²) in [5, 5.41) is 0. The summed E-state index contributed by atoms with van der Waals surface area (Å²) >= 11 is -1.81. The Morgan fingerprint density at radius 3 is 1.83 bits per heavy atom. The quantitative estimate of drug-likeness (QED) is 0.385. The third-order valence-electron chi connectivity index (χ3n) is 1.47. The van der Waals surface area contributed by atoms with Gasteiger partial charge in [0, 0.05) is 0 Å². The van der Waals surface area contributed by atoms with Crippen molar-refractivity contribution in [3.63, 3.8) is 0 Å². The molecule has 0 aromatic carbocycles. The highest BCUT2D eigenvalue weighted by atomic mass is 35.6. The first-order valence-corrected chi connectivity index (χ1v) is 7.08. The van der Waals surface area contributed by atoms with Crippen molar-refractivity contribution in [1.82, 2.24) is 0 Å². The molecule has 0 bridgehead atoms. The maximum Gasteiger partial charge on any atom is 0.418 e. The molecule has 0 fully saturated rings. The third kappa shape index (κ3) is 2.94. The average Bonchev–Trinajstić information content (AvgIpc) is 2.03. The van der Waals surface area contributed by atoms with Gasteiger partial charge >= 0.3 is 13.2 Å². The van der Waals surface area contributed by atoms with Gasteiger partial charge < -0.3 is 0 Å². The van der Waals surface area contributed by atoms with E-state index in [0.29, 0.717) is 0 Å². The molecule has 0 N–H and O–H groups in total. The number of allylic oxidation sites excluding steroid dienone is 2. The molecule has 0 saturated carbocycles. The van der Waals surface area contributed by atoms with E-state index in [-0.39, 0.29) is 11.6 Å². The molecule has 4 heteroatoms. The Kier molecular flexibility index (Phi) is 5.16. The molecule has 0 aromatic rings. The van der Waals surface area contributed by atoms with E-state index in [4.69, 9.17) is 10.0 Å². The molecule has 0 radical (unpaired) electrons. The van der Waals surface area contributed by atoms with Crippen molar-refractivity contribution in [2.75, 3.05) is 0 Å². The molecule has 0 saturated heterocycles. The second kappa shape index (κ2) is 5.32. The number of ketones is 2. The van der Waals surface area contributed by atoms with Crippen molar-refractivity contribution in [1.29, 1.82) is 0 Å². The minimum Gasteiger partial charge on any atom is -0.295 e. The van der Waals surface area contributed by atoms with Gasteiger partial charge in [0.15, 0.2) is 11.6 Å². The Bertz CT molecular complexity index is 203. The number of rotatable bonds is 5. The maximum atomic E-state index is 11.1. The van der Waals surface area contributed by atoms with Crippen LogP contribution in [-0.2, 0) is 9.59 Å². The first-order chi connectivity index (χ1) is 5.54. The third-order valence-corrected chi connectivity index (χ3v) is 3.81. The predicted molar refractivity (Wildman–Crippen MR) is 51.6 cm³/mol. The summed E-state index contributed by atoms with van der Waals surface area (Å²) in [6.07, 6.45) is 2.27. The van der Waals surface area contributed by atoms with E-state index in [1.165, 1.54) is 0 Å². The molecule has 2 nitrogen and oxygen atoms in total. The molecule has 0 spiro atoms. The van der Waals surface area contributed by atoms with Gasteiger partial charge in [-0.1, -0.05) is 18.9 Å². The van der Waals surface area contributed by atoms with E-state index in [2.05, 4.69) is 13.2 Å². The monoisotopic (exact) mass is 200 g/mol. The Balaban J connectivity index is 4.65. The zero-order chi connectivity index (χ0) is 9.72. The summed E-state index contributed by atoms with van der Waals surface area (Å²) < 4.78 is -0.693. The van der Waals surface area contributed by atoms with Crippen LogP contribution in [0.1, 0.15) is 0 Å². The minimum absolute atomic E-state index is 0.297. The normalized spacial score (nSPS) is 9.25. The van der Waals surface area contributed by atoms with Gasteiger partial charge in [0.2, 0.25) is 0 Å². The smallest absolute Gasteiger partial charge is 0.295 e. The van der Waals surface area contributed by atoms with Crippen molar-refractivity contribution < 1.29 is 9.59 Å². The lowest BCUT2D eigenvalue weighted by molar-refractivity contribution is -0.121. The molecule has 0 aliphatic heterocycles. The lowest BCUT2D eigenvalue weighted by Gasteiger charge is -2.07. The van der Waals surface area contributed by atoms with E-state index in [9.17, 15) is 9.59 Å². The molecule has 0 amide bonds. The maximum absolute atomic E-state index is 11.1. The van der Waals surface area contributed by atoms with Gasteiger partial charge in [0.25, 0.3) is 0 Å². The van der Waals surface area contributed by atoms with E-state index in [0.717, 1.165) is 12.2 Å². The van der Waals surface area contributed by atoms with Crippen LogP contribution in [0, 0.1) is 0 Å². The summed E-state index contributed by atoms with van der Waals surface area (Å²) in [5.74, 6) is 1.14. The Morgan fingerprint density at radius 1 is 1.33 bits per heavy atom. The number of halogens is 1. The molecule has 0 atom stereocenters. The highest BCUT2D eigenvalue weighted by Crippen LogP contribution is 2.17. The van der Waals surface area contributed by atoms with Crippen LogP contribution < -0.4 is 0 Å². The summed E-state index contributed by atoms with van der Waals surface area (Å²) in [6.45, 7) is 6.62. The molecular formula is C8H10AlClO2. The van der Waals surface area contributed by atoms with Gasteiger partial charge in [-0.15, -0.1) is 0 Å². The van der Waals surface area contributed by atoms with Crippen molar-refractivity contribution in [2.24, 2.45) is 0 Å². The van der Waals surface area contributed by atoms with Crippen molar-refractivity contribution in [3.05, 3.63) is 25.3 Å². The van der Waals surface area contributed by atoms with Crippen LogP contribution in [0.2, 0.25) is 10.6 Å². The molecular weight excluding hydrogens is 191 g/mol. The van der Waals surface area contributed by atoms with Gasteiger partial charge in [-0.2, -0.15) is 0 Å². The zero-order valence-electron chi connectivity index (χ0n) is 6.92. The topological polar surface area (TPSA) is 34.1 Å². The van der Waals surface area contributed by atoms with Crippen LogP contribution in [0.3, 0.4) is 0 Å². The minimum atomic E-state index is -1.81. The summed E-state index contributed by atoms with van der Waals surface area (Å²) in [6, 6.07) is 0. The highest BCUT2D eigenvalue weighted by molar-refractivity contribution is 7.10. The van der Waals surface area contributed by atoms with Crippen molar-refractivity contribution in [3.8, 4) is 0 Å². The summed E-state index contributed by atoms with van der Waals surface area (Å²) in [4.78, 5) is 22.2. The fourth-order valence-corrected chi connectivity index (χ4v) is 2.77. The number of carbonyl (C=O) groups is 2. The van der Waals surface area contributed by atoms with Gasteiger partial charge in [-0.05, 0) is 12.2 Å². The molecule has 12 heavy (non-hydrogen) atoms. The van der Waals surface area contributed by atoms with Gasteiger partial charge in [0.1, 0.15) is 0 Å². The fourth-order valence-electron chi connectivity index (χ4n) is 0.847. The van der Waals surface area contributed by atoms with E-state index in [1.54, 1.807) is 5.79 Å². The number of hydrogen-bond donors (Lipinski definition) is 0. The van der Waals surface area contributed by atoms with Crippen molar-refractivity contribution >= 4 is 34.8 Å². The molecule has 0 aliphatic carbocycles. The summed E-state index contributed by atoms with van der Waals surface area (Å²) in [5.41, 5.74) is 0. The zero-order valence-corrected chi connectivity index (χ0v) is 8.83. The Hall–Kier alpha value is -0.358. The second-order valence-corrected chi connectivity index (χ2v) is 6.46. The number of hydrogen-bond acceptors (Lipinski definition) is 2. The molecule has 0 aromatic heterocycles. The van der Waals surface area contributed by atoms with Gasteiger partial charge in [-0.25, -0.2) is 0 Å². The molecule has 64 valence electrons. The lowest BCUT2D eigenvalue weighted by Crippen LogP contribution is -2.25. The molecule has 0 rings (SSSR count). The van der Waals surface area contributed by atoms with E-state index < -0.39 is 18.0 Å². The van der Waals surface area contributed by atoms with Crippen LogP contribution in [0.15, 0.2) is 25.3 Å². The highest BCUT2D eigenvalue weighted by Gasteiger charge is 2.32.